The Morgan fingerprint density at radius 2 is 2.14 bits per heavy atom. The molecule has 0 radical (unpaired) electrons. The quantitative estimate of drug-likeness (QED) is 0.508. The van der Waals surface area contributed by atoms with Crippen molar-refractivity contribution in [3.05, 3.63) is 0 Å². The molecule has 1 aliphatic rings. The molecule has 0 amide bonds. The van der Waals surface area contributed by atoms with Gasteiger partial charge in [-0.2, -0.15) is 0 Å². The predicted octanol–water partition coefficient (Wildman–Crippen LogP) is 2.58. The summed E-state index contributed by atoms with van der Waals surface area (Å²) in [5.41, 5.74) is 0. The standard InChI is InChI=1S/C12H20O2/c1-4-11-8-6-7-9-12(11)14-10(3)13-5-2/h1,10-12H,5-9H2,2-3H3/t10?,11-,12-/m1/s1. The first-order valence-corrected chi connectivity index (χ1v) is 5.51. The molecule has 2 heteroatoms. The van der Waals surface area contributed by atoms with E-state index < -0.39 is 0 Å². The van der Waals surface area contributed by atoms with Crippen molar-refractivity contribution in [1.82, 2.24) is 0 Å². The van der Waals surface area contributed by atoms with Crippen LogP contribution in [0, 0.1) is 18.3 Å². The lowest BCUT2D eigenvalue weighted by Crippen LogP contribution is -2.31. The summed E-state index contributed by atoms with van der Waals surface area (Å²) in [6.45, 7) is 4.60. The van der Waals surface area contributed by atoms with Crippen LogP contribution in [0.4, 0.5) is 0 Å². The van der Waals surface area contributed by atoms with Crippen LogP contribution >= 0.6 is 0 Å². The zero-order valence-electron chi connectivity index (χ0n) is 9.16. The van der Waals surface area contributed by atoms with Crippen molar-refractivity contribution in [2.24, 2.45) is 5.92 Å². The highest BCUT2D eigenvalue weighted by molar-refractivity contribution is 4.98. The monoisotopic (exact) mass is 196 g/mol. The Balaban J connectivity index is 2.37. The fraction of sp³-hybridized carbons (Fsp3) is 0.833. The van der Waals surface area contributed by atoms with Crippen LogP contribution in [0.15, 0.2) is 0 Å². The van der Waals surface area contributed by atoms with Gasteiger partial charge in [0.2, 0.25) is 0 Å². The van der Waals surface area contributed by atoms with E-state index in [1.54, 1.807) is 0 Å². The SMILES string of the molecule is C#C[C@@H]1CCCC[C@H]1OC(C)OCC. The third-order valence-corrected chi connectivity index (χ3v) is 2.68. The highest BCUT2D eigenvalue weighted by atomic mass is 16.7. The lowest BCUT2D eigenvalue weighted by Gasteiger charge is -2.30. The van der Waals surface area contributed by atoms with Crippen LogP contribution in [0.3, 0.4) is 0 Å². The van der Waals surface area contributed by atoms with E-state index in [0.717, 1.165) is 12.8 Å². The molecule has 2 nitrogen and oxygen atoms in total. The number of terminal acetylenes is 1. The molecule has 0 heterocycles. The number of hydrogen-bond acceptors (Lipinski definition) is 2. The molecular weight excluding hydrogens is 176 g/mol. The van der Waals surface area contributed by atoms with E-state index in [1.807, 2.05) is 13.8 Å². The maximum Gasteiger partial charge on any atom is 0.155 e. The molecule has 1 fully saturated rings. The third-order valence-electron chi connectivity index (χ3n) is 2.68. The summed E-state index contributed by atoms with van der Waals surface area (Å²) in [6.07, 6.45) is 10.2. The van der Waals surface area contributed by atoms with Gasteiger partial charge in [-0.3, -0.25) is 0 Å². The van der Waals surface area contributed by atoms with Crippen molar-refractivity contribution in [2.45, 2.75) is 51.9 Å². The fourth-order valence-corrected chi connectivity index (χ4v) is 1.97. The van der Waals surface area contributed by atoms with Crippen LogP contribution in [-0.2, 0) is 9.47 Å². The average Bonchev–Trinajstić information content (AvgIpc) is 2.19. The van der Waals surface area contributed by atoms with Gasteiger partial charge >= 0.3 is 0 Å². The summed E-state index contributed by atoms with van der Waals surface area (Å²) in [4.78, 5) is 0. The van der Waals surface area contributed by atoms with Gasteiger partial charge in [-0.05, 0) is 26.7 Å². The molecule has 14 heavy (non-hydrogen) atoms. The van der Waals surface area contributed by atoms with E-state index >= 15 is 0 Å². The molecule has 1 rings (SSSR count). The number of hydrogen-bond donors (Lipinski definition) is 0. The summed E-state index contributed by atoms with van der Waals surface area (Å²) in [6, 6.07) is 0. The molecule has 0 saturated heterocycles. The van der Waals surface area contributed by atoms with E-state index in [9.17, 15) is 0 Å². The molecule has 80 valence electrons. The Bertz CT molecular complexity index is 195. The largest absolute Gasteiger partial charge is 0.353 e. The van der Waals surface area contributed by atoms with E-state index in [1.165, 1.54) is 12.8 Å². The average molecular weight is 196 g/mol. The van der Waals surface area contributed by atoms with Crippen molar-refractivity contribution >= 4 is 0 Å². The van der Waals surface area contributed by atoms with Crippen molar-refractivity contribution in [2.75, 3.05) is 6.61 Å². The second kappa shape index (κ2) is 6.06. The molecule has 1 aliphatic carbocycles. The van der Waals surface area contributed by atoms with Crippen molar-refractivity contribution < 1.29 is 9.47 Å². The second-order valence-corrected chi connectivity index (χ2v) is 3.76. The smallest absolute Gasteiger partial charge is 0.155 e. The minimum Gasteiger partial charge on any atom is -0.353 e. The highest BCUT2D eigenvalue weighted by Gasteiger charge is 2.25. The number of rotatable bonds is 4. The zero-order chi connectivity index (χ0) is 10.4. The highest BCUT2D eigenvalue weighted by Crippen LogP contribution is 2.27. The molecule has 1 saturated carbocycles. The van der Waals surface area contributed by atoms with Gasteiger partial charge in [0, 0.05) is 12.5 Å². The first-order valence-electron chi connectivity index (χ1n) is 5.51. The van der Waals surface area contributed by atoms with E-state index in [4.69, 9.17) is 15.9 Å². The number of ether oxygens (including phenoxy) is 2. The van der Waals surface area contributed by atoms with Gasteiger partial charge in [0.1, 0.15) is 0 Å². The molecular formula is C12H20O2. The van der Waals surface area contributed by atoms with Gasteiger partial charge in [0.15, 0.2) is 6.29 Å². The van der Waals surface area contributed by atoms with Gasteiger partial charge in [-0.1, -0.05) is 12.8 Å². The fourth-order valence-electron chi connectivity index (χ4n) is 1.97. The van der Waals surface area contributed by atoms with Crippen LogP contribution in [0.25, 0.3) is 0 Å². The minimum absolute atomic E-state index is 0.126. The van der Waals surface area contributed by atoms with Gasteiger partial charge < -0.3 is 9.47 Å². The van der Waals surface area contributed by atoms with Crippen LogP contribution in [-0.4, -0.2) is 19.0 Å². The summed E-state index contributed by atoms with van der Waals surface area (Å²) in [5.74, 6) is 3.10. The summed E-state index contributed by atoms with van der Waals surface area (Å²) >= 11 is 0. The zero-order valence-corrected chi connectivity index (χ0v) is 9.16. The Morgan fingerprint density at radius 1 is 1.43 bits per heavy atom. The molecule has 1 unspecified atom stereocenters. The Kier molecular flexibility index (Phi) is 5.00. The summed E-state index contributed by atoms with van der Waals surface area (Å²) in [7, 11) is 0. The first kappa shape index (κ1) is 11.6. The van der Waals surface area contributed by atoms with Crippen LogP contribution < -0.4 is 0 Å². The van der Waals surface area contributed by atoms with Gasteiger partial charge in [0.25, 0.3) is 0 Å². The van der Waals surface area contributed by atoms with Gasteiger partial charge in [-0.15, -0.1) is 12.3 Å². The normalized spacial score (nSPS) is 29.5. The lowest BCUT2D eigenvalue weighted by molar-refractivity contribution is -0.170. The minimum atomic E-state index is -0.126. The summed E-state index contributed by atoms with van der Waals surface area (Å²) < 4.78 is 11.1. The molecule has 0 aliphatic heterocycles. The van der Waals surface area contributed by atoms with Gasteiger partial charge in [0.05, 0.1) is 6.10 Å². The Hall–Kier alpha value is -0.520. The predicted molar refractivity (Wildman–Crippen MR) is 56.8 cm³/mol. The Labute approximate surface area is 87.0 Å². The van der Waals surface area contributed by atoms with E-state index in [2.05, 4.69) is 5.92 Å². The first-order chi connectivity index (χ1) is 6.77. The van der Waals surface area contributed by atoms with Crippen molar-refractivity contribution in [3.63, 3.8) is 0 Å². The molecule has 0 aromatic heterocycles. The third kappa shape index (κ3) is 3.32. The second-order valence-electron chi connectivity index (χ2n) is 3.76. The molecule has 0 spiro atoms. The van der Waals surface area contributed by atoms with E-state index in [0.29, 0.717) is 6.61 Å². The maximum absolute atomic E-state index is 5.77. The molecule has 0 N–H and O–H groups in total. The van der Waals surface area contributed by atoms with Gasteiger partial charge in [-0.25, -0.2) is 0 Å². The molecule has 0 aromatic rings. The molecule has 0 bridgehead atoms. The van der Waals surface area contributed by atoms with Crippen LogP contribution in [0.5, 0.6) is 0 Å². The summed E-state index contributed by atoms with van der Waals surface area (Å²) in [5, 5.41) is 0. The van der Waals surface area contributed by atoms with E-state index in [-0.39, 0.29) is 18.3 Å². The van der Waals surface area contributed by atoms with Crippen LogP contribution in [0.2, 0.25) is 0 Å². The molecule has 0 aromatic carbocycles. The van der Waals surface area contributed by atoms with Crippen molar-refractivity contribution in [1.29, 1.82) is 0 Å². The van der Waals surface area contributed by atoms with Crippen molar-refractivity contribution in [3.8, 4) is 12.3 Å². The maximum atomic E-state index is 5.77. The van der Waals surface area contributed by atoms with Crippen LogP contribution in [0.1, 0.15) is 39.5 Å². The topological polar surface area (TPSA) is 18.5 Å². The lowest BCUT2D eigenvalue weighted by atomic mass is 9.87. The Morgan fingerprint density at radius 3 is 2.79 bits per heavy atom. The molecule has 3 atom stereocenters.